The zero-order valence-corrected chi connectivity index (χ0v) is 13.4. The summed E-state index contributed by atoms with van der Waals surface area (Å²) in [6, 6.07) is 0. The second kappa shape index (κ2) is 4.56. The number of nitrogens with zero attached hydrogens (tertiary/aromatic N) is 3. The second-order valence-electron chi connectivity index (χ2n) is 8.48. The van der Waals surface area contributed by atoms with Gasteiger partial charge in [-0.05, 0) is 68.6 Å². The monoisotopic (exact) mass is 315 g/mol. The van der Waals surface area contributed by atoms with Crippen LogP contribution in [0.25, 0.3) is 0 Å². The van der Waals surface area contributed by atoms with Crippen LogP contribution in [0, 0.1) is 23.7 Å². The third kappa shape index (κ3) is 1.93. The summed E-state index contributed by atoms with van der Waals surface area (Å²) in [7, 11) is 0. The van der Waals surface area contributed by atoms with E-state index in [0.717, 1.165) is 50.4 Å². The third-order valence-corrected chi connectivity index (χ3v) is 7.19. The van der Waals surface area contributed by atoms with Crippen molar-refractivity contribution in [1.82, 2.24) is 20.1 Å². The SMILES string of the molecule is NC1(C(=O)NCC2(n3cncn3)CC2)C2CC3CC(C2)CC1C3. The molecule has 23 heavy (non-hydrogen) atoms. The molecule has 0 atom stereocenters. The number of hydrogen-bond acceptors (Lipinski definition) is 4. The molecule has 0 radical (unpaired) electrons. The van der Waals surface area contributed by atoms with Crippen molar-refractivity contribution < 1.29 is 4.79 Å². The lowest BCUT2D eigenvalue weighted by molar-refractivity contribution is -0.142. The highest BCUT2D eigenvalue weighted by molar-refractivity contribution is 5.87. The molecule has 5 fully saturated rings. The molecule has 124 valence electrons. The first-order valence-electron chi connectivity index (χ1n) is 9.02. The van der Waals surface area contributed by atoms with Gasteiger partial charge < -0.3 is 11.1 Å². The minimum atomic E-state index is -0.633. The number of hydrogen-bond donors (Lipinski definition) is 2. The van der Waals surface area contributed by atoms with Gasteiger partial charge in [0.2, 0.25) is 5.91 Å². The van der Waals surface area contributed by atoms with Crippen molar-refractivity contribution in [2.45, 2.75) is 56.0 Å². The standard InChI is InChI=1S/C17H25N5O/c18-17(13-4-11-3-12(6-13)7-14(17)5-11)15(23)20-8-16(1-2-16)22-10-19-9-21-22/h9-14H,1-8,18H2,(H,20,23). The molecule has 6 rings (SSSR count). The van der Waals surface area contributed by atoms with Crippen LogP contribution in [-0.4, -0.2) is 32.8 Å². The second-order valence-corrected chi connectivity index (χ2v) is 8.48. The van der Waals surface area contributed by atoms with Crippen molar-refractivity contribution in [3.05, 3.63) is 12.7 Å². The summed E-state index contributed by atoms with van der Waals surface area (Å²) in [5, 5.41) is 7.44. The number of carbonyl (C=O) groups is 1. The van der Waals surface area contributed by atoms with Crippen LogP contribution in [0.5, 0.6) is 0 Å². The lowest BCUT2D eigenvalue weighted by Gasteiger charge is -2.58. The van der Waals surface area contributed by atoms with Gasteiger partial charge in [-0.15, -0.1) is 0 Å². The molecule has 3 N–H and O–H groups in total. The van der Waals surface area contributed by atoms with E-state index in [-0.39, 0.29) is 11.4 Å². The summed E-state index contributed by atoms with van der Waals surface area (Å²) >= 11 is 0. The Kier molecular flexibility index (Phi) is 2.77. The van der Waals surface area contributed by atoms with Gasteiger partial charge in [-0.3, -0.25) is 4.79 Å². The van der Waals surface area contributed by atoms with Gasteiger partial charge in [0.25, 0.3) is 0 Å². The van der Waals surface area contributed by atoms with Crippen LogP contribution in [0.2, 0.25) is 0 Å². The normalized spacial score (nSPS) is 42.7. The molecule has 1 heterocycles. The van der Waals surface area contributed by atoms with E-state index in [4.69, 9.17) is 5.73 Å². The predicted octanol–water partition coefficient (Wildman–Crippen LogP) is 1.04. The third-order valence-electron chi connectivity index (χ3n) is 7.19. The Bertz CT molecular complexity index is 593. The maximum atomic E-state index is 13.0. The van der Waals surface area contributed by atoms with Gasteiger partial charge in [0.1, 0.15) is 18.2 Å². The molecule has 1 aromatic heterocycles. The highest BCUT2D eigenvalue weighted by atomic mass is 16.2. The predicted molar refractivity (Wildman–Crippen MR) is 84.2 cm³/mol. The number of nitrogens with one attached hydrogen (secondary N) is 1. The molecule has 0 unspecified atom stereocenters. The molecule has 6 nitrogen and oxygen atoms in total. The van der Waals surface area contributed by atoms with E-state index in [1.165, 1.54) is 6.42 Å². The number of amides is 1. The molecule has 5 saturated carbocycles. The van der Waals surface area contributed by atoms with Crippen LogP contribution in [0.4, 0.5) is 0 Å². The zero-order chi connectivity index (χ0) is 15.7. The molecular formula is C17H25N5O. The van der Waals surface area contributed by atoms with Gasteiger partial charge in [-0.25, -0.2) is 9.67 Å². The topological polar surface area (TPSA) is 85.8 Å². The Morgan fingerprint density at radius 1 is 1.17 bits per heavy atom. The highest BCUT2D eigenvalue weighted by Gasteiger charge is 2.59. The molecule has 0 spiro atoms. The molecule has 6 heteroatoms. The van der Waals surface area contributed by atoms with Gasteiger partial charge in [0.15, 0.2) is 0 Å². The van der Waals surface area contributed by atoms with Crippen molar-refractivity contribution >= 4 is 5.91 Å². The minimum Gasteiger partial charge on any atom is -0.352 e. The van der Waals surface area contributed by atoms with Crippen LogP contribution in [-0.2, 0) is 10.3 Å². The van der Waals surface area contributed by atoms with Crippen molar-refractivity contribution in [2.24, 2.45) is 29.4 Å². The summed E-state index contributed by atoms with van der Waals surface area (Å²) in [6.45, 7) is 0.625. The van der Waals surface area contributed by atoms with Crippen LogP contribution in [0.1, 0.15) is 44.9 Å². The van der Waals surface area contributed by atoms with Crippen molar-refractivity contribution in [1.29, 1.82) is 0 Å². The Morgan fingerprint density at radius 3 is 2.35 bits per heavy atom. The molecule has 0 aromatic carbocycles. The van der Waals surface area contributed by atoms with E-state index < -0.39 is 5.54 Å². The average molecular weight is 315 g/mol. The molecular weight excluding hydrogens is 290 g/mol. The first kappa shape index (κ1) is 14.0. The van der Waals surface area contributed by atoms with Gasteiger partial charge in [-0.2, -0.15) is 5.10 Å². The molecule has 5 aliphatic rings. The van der Waals surface area contributed by atoms with Crippen LogP contribution >= 0.6 is 0 Å². The van der Waals surface area contributed by atoms with E-state index in [2.05, 4.69) is 15.4 Å². The van der Waals surface area contributed by atoms with E-state index in [1.54, 1.807) is 12.7 Å². The fourth-order valence-corrected chi connectivity index (χ4v) is 5.82. The minimum absolute atomic E-state index is 0.0611. The van der Waals surface area contributed by atoms with Gasteiger partial charge in [-0.1, -0.05) is 0 Å². The summed E-state index contributed by atoms with van der Waals surface area (Å²) < 4.78 is 1.90. The number of carbonyl (C=O) groups excluding carboxylic acids is 1. The molecule has 5 aliphatic carbocycles. The van der Waals surface area contributed by atoms with Crippen LogP contribution in [0.15, 0.2) is 12.7 Å². The van der Waals surface area contributed by atoms with Crippen molar-refractivity contribution in [3.8, 4) is 0 Å². The molecule has 0 aliphatic heterocycles. The maximum Gasteiger partial charge on any atom is 0.240 e. The Balaban J connectivity index is 1.31. The summed E-state index contributed by atoms with van der Waals surface area (Å²) in [4.78, 5) is 17.1. The van der Waals surface area contributed by atoms with Gasteiger partial charge >= 0.3 is 0 Å². The van der Waals surface area contributed by atoms with E-state index in [0.29, 0.717) is 18.4 Å². The number of nitrogens with two attached hydrogens (primary N) is 1. The first-order chi connectivity index (χ1) is 11.1. The zero-order valence-electron chi connectivity index (χ0n) is 13.4. The maximum absolute atomic E-state index is 13.0. The smallest absolute Gasteiger partial charge is 0.240 e. The van der Waals surface area contributed by atoms with E-state index in [9.17, 15) is 4.79 Å². The summed E-state index contributed by atoms with van der Waals surface area (Å²) in [5.41, 5.74) is 6.06. The Labute approximate surface area is 136 Å². The molecule has 1 aromatic rings. The van der Waals surface area contributed by atoms with E-state index >= 15 is 0 Å². The Hall–Kier alpha value is -1.43. The lowest BCUT2D eigenvalue weighted by Crippen LogP contribution is -2.70. The van der Waals surface area contributed by atoms with Crippen LogP contribution < -0.4 is 11.1 Å². The molecule has 4 bridgehead atoms. The van der Waals surface area contributed by atoms with Crippen molar-refractivity contribution in [3.63, 3.8) is 0 Å². The quantitative estimate of drug-likeness (QED) is 0.869. The van der Waals surface area contributed by atoms with Crippen LogP contribution in [0.3, 0.4) is 0 Å². The van der Waals surface area contributed by atoms with Crippen molar-refractivity contribution in [2.75, 3.05) is 6.54 Å². The fourth-order valence-electron chi connectivity index (χ4n) is 5.82. The number of aromatic nitrogens is 3. The van der Waals surface area contributed by atoms with Gasteiger partial charge in [0.05, 0.1) is 5.54 Å². The fraction of sp³-hybridized carbons (Fsp3) is 0.824. The lowest BCUT2D eigenvalue weighted by atomic mass is 9.48. The number of rotatable bonds is 4. The summed E-state index contributed by atoms with van der Waals surface area (Å²) in [6.07, 6.45) is 11.4. The Morgan fingerprint density at radius 2 is 1.83 bits per heavy atom. The molecule has 0 saturated heterocycles. The summed E-state index contributed by atoms with van der Waals surface area (Å²) in [5.74, 6) is 2.51. The van der Waals surface area contributed by atoms with Gasteiger partial charge in [0, 0.05) is 6.54 Å². The first-order valence-corrected chi connectivity index (χ1v) is 9.02. The highest BCUT2D eigenvalue weighted by Crippen LogP contribution is 2.57. The average Bonchev–Trinajstić information content (AvgIpc) is 3.12. The molecule has 1 amide bonds. The van der Waals surface area contributed by atoms with E-state index in [1.807, 2.05) is 4.68 Å². The largest absolute Gasteiger partial charge is 0.352 e.